The first-order chi connectivity index (χ1) is 6.68. The van der Waals surface area contributed by atoms with Gasteiger partial charge in [0.05, 0.1) is 11.6 Å². The Bertz CT molecular complexity index is 354. The van der Waals surface area contributed by atoms with Crippen molar-refractivity contribution in [1.29, 1.82) is 0 Å². The van der Waals surface area contributed by atoms with E-state index >= 15 is 0 Å². The van der Waals surface area contributed by atoms with Crippen molar-refractivity contribution in [2.45, 2.75) is 18.9 Å². The van der Waals surface area contributed by atoms with Gasteiger partial charge in [-0.2, -0.15) is 0 Å². The van der Waals surface area contributed by atoms with Crippen molar-refractivity contribution in [1.82, 2.24) is 0 Å². The Labute approximate surface area is 92.9 Å². The largest absolute Gasteiger partial charge is 0.493 e. The van der Waals surface area contributed by atoms with Gasteiger partial charge in [0.15, 0.2) is 0 Å². The molecule has 0 amide bonds. The van der Waals surface area contributed by atoms with E-state index in [0.717, 1.165) is 24.2 Å². The molecule has 0 radical (unpaired) electrons. The fourth-order valence-corrected chi connectivity index (χ4v) is 2.29. The summed E-state index contributed by atoms with van der Waals surface area (Å²) in [6, 6.07) is 3.43. The molecule has 1 aromatic carbocycles. The topological polar surface area (TPSA) is 35.2 Å². The fraction of sp³-hybridized carbons (Fsp3) is 0.400. The summed E-state index contributed by atoms with van der Waals surface area (Å²) in [6.45, 7) is 0.678. The molecule has 4 heteroatoms. The lowest BCUT2D eigenvalue weighted by Gasteiger charge is -2.13. The van der Waals surface area contributed by atoms with Crippen LogP contribution in [0.5, 0.6) is 5.75 Å². The van der Waals surface area contributed by atoms with Gasteiger partial charge in [-0.1, -0.05) is 23.2 Å². The van der Waals surface area contributed by atoms with E-state index in [2.05, 4.69) is 0 Å². The number of hydrogen-bond donors (Lipinski definition) is 1. The Morgan fingerprint density at radius 1 is 1.36 bits per heavy atom. The third-order valence-electron chi connectivity index (χ3n) is 2.34. The molecule has 1 aliphatic heterocycles. The molecule has 0 aliphatic carbocycles. The Hall–Kier alpha value is -0.440. The van der Waals surface area contributed by atoms with E-state index in [1.165, 1.54) is 0 Å². The fourth-order valence-electron chi connectivity index (χ4n) is 1.67. The van der Waals surface area contributed by atoms with Crippen LogP contribution in [0, 0.1) is 0 Å². The van der Waals surface area contributed by atoms with Gasteiger partial charge in [-0.3, -0.25) is 0 Å². The molecule has 2 nitrogen and oxygen atoms in total. The van der Waals surface area contributed by atoms with Gasteiger partial charge in [-0.05, 0) is 25.0 Å². The SMILES string of the molecule is NC1CCCOc2cc(Cl)cc(Cl)c21. The number of benzene rings is 1. The number of fused-ring (bicyclic) bond motifs is 1. The van der Waals surface area contributed by atoms with Gasteiger partial charge in [-0.25, -0.2) is 0 Å². The van der Waals surface area contributed by atoms with Gasteiger partial charge < -0.3 is 10.5 Å². The predicted molar refractivity (Wildman–Crippen MR) is 58.1 cm³/mol. The first kappa shape index (κ1) is 10.1. The predicted octanol–water partition coefficient (Wildman–Crippen LogP) is 3.17. The molecule has 0 saturated heterocycles. The molecule has 0 saturated carbocycles. The summed E-state index contributed by atoms with van der Waals surface area (Å²) in [7, 11) is 0. The lowest BCUT2D eigenvalue weighted by Crippen LogP contribution is -2.09. The van der Waals surface area contributed by atoms with Gasteiger partial charge in [-0.15, -0.1) is 0 Å². The third-order valence-corrected chi connectivity index (χ3v) is 2.88. The van der Waals surface area contributed by atoms with Gasteiger partial charge in [0.1, 0.15) is 5.75 Å². The van der Waals surface area contributed by atoms with Crippen LogP contribution in [0.3, 0.4) is 0 Å². The normalized spacial score (nSPS) is 20.9. The standard InChI is InChI=1S/C10H11Cl2NO/c11-6-4-7(12)10-8(13)2-1-3-14-9(10)5-6/h4-5,8H,1-3,13H2. The Kier molecular flexibility index (Phi) is 2.86. The van der Waals surface area contributed by atoms with Gasteiger partial charge in [0.25, 0.3) is 0 Å². The van der Waals surface area contributed by atoms with Crippen LogP contribution in [0.2, 0.25) is 10.0 Å². The highest BCUT2D eigenvalue weighted by molar-refractivity contribution is 6.35. The van der Waals surface area contributed by atoms with E-state index in [0.29, 0.717) is 16.7 Å². The summed E-state index contributed by atoms with van der Waals surface area (Å²) in [5.74, 6) is 0.729. The smallest absolute Gasteiger partial charge is 0.127 e. The average molecular weight is 232 g/mol. The van der Waals surface area contributed by atoms with Crippen molar-refractivity contribution in [3.05, 3.63) is 27.7 Å². The molecule has 1 unspecified atom stereocenters. The zero-order chi connectivity index (χ0) is 10.1. The van der Waals surface area contributed by atoms with Crippen LogP contribution in [0.1, 0.15) is 24.4 Å². The van der Waals surface area contributed by atoms with Crippen molar-refractivity contribution in [3.8, 4) is 5.75 Å². The van der Waals surface area contributed by atoms with Gasteiger partial charge >= 0.3 is 0 Å². The summed E-state index contributed by atoms with van der Waals surface area (Å²) >= 11 is 11.9. The second-order valence-corrected chi connectivity index (χ2v) is 4.24. The summed E-state index contributed by atoms with van der Waals surface area (Å²) in [4.78, 5) is 0. The molecule has 0 spiro atoms. The lowest BCUT2D eigenvalue weighted by atomic mass is 10.0. The highest BCUT2D eigenvalue weighted by Gasteiger charge is 2.20. The van der Waals surface area contributed by atoms with Crippen LogP contribution in [0.4, 0.5) is 0 Å². The number of rotatable bonds is 0. The number of hydrogen-bond acceptors (Lipinski definition) is 2. The second kappa shape index (κ2) is 3.97. The van der Waals surface area contributed by atoms with E-state index < -0.39 is 0 Å². The Morgan fingerprint density at radius 2 is 2.14 bits per heavy atom. The molecule has 0 fully saturated rings. The summed E-state index contributed by atoms with van der Waals surface area (Å²) < 4.78 is 5.53. The zero-order valence-corrected chi connectivity index (χ0v) is 9.11. The van der Waals surface area contributed by atoms with Crippen molar-refractivity contribution in [3.63, 3.8) is 0 Å². The third kappa shape index (κ3) is 1.83. The van der Waals surface area contributed by atoms with Gasteiger partial charge in [0, 0.05) is 16.6 Å². The minimum absolute atomic E-state index is 0.0442. The minimum atomic E-state index is -0.0442. The molecule has 2 rings (SSSR count). The summed E-state index contributed by atoms with van der Waals surface area (Å²) in [5, 5.41) is 1.18. The molecular weight excluding hydrogens is 221 g/mol. The van der Waals surface area contributed by atoms with Crippen LogP contribution >= 0.6 is 23.2 Å². The molecule has 1 heterocycles. The molecule has 14 heavy (non-hydrogen) atoms. The van der Waals surface area contributed by atoms with E-state index in [4.69, 9.17) is 33.7 Å². The van der Waals surface area contributed by atoms with Crippen molar-refractivity contribution < 1.29 is 4.74 Å². The highest BCUT2D eigenvalue weighted by Crippen LogP contribution is 2.37. The summed E-state index contributed by atoms with van der Waals surface area (Å²) in [5.41, 5.74) is 6.87. The quantitative estimate of drug-likeness (QED) is 0.745. The van der Waals surface area contributed by atoms with E-state index in [1.807, 2.05) is 0 Å². The van der Waals surface area contributed by atoms with Crippen LogP contribution in [0.15, 0.2) is 12.1 Å². The molecule has 1 aliphatic rings. The molecule has 2 N–H and O–H groups in total. The van der Waals surface area contributed by atoms with Crippen LogP contribution in [0.25, 0.3) is 0 Å². The lowest BCUT2D eigenvalue weighted by molar-refractivity contribution is 0.316. The van der Waals surface area contributed by atoms with Crippen LogP contribution in [-0.2, 0) is 0 Å². The average Bonchev–Trinajstić information content (AvgIpc) is 2.27. The maximum atomic E-state index is 6.07. The number of ether oxygens (including phenoxy) is 1. The molecule has 76 valence electrons. The van der Waals surface area contributed by atoms with Crippen molar-refractivity contribution in [2.24, 2.45) is 5.73 Å². The van der Waals surface area contributed by atoms with E-state index in [-0.39, 0.29) is 6.04 Å². The van der Waals surface area contributed by atoms with Crippen molar-refractivity contribution in [2.75, 3.05) is 6.61 Å². The highest BCUT2D eigenvalue weighted by atomic mass is 35.5. The van der Waals surface area contributed by atoms with Crippen molar-refractivity contribution >= 4 is 23.2 Å². The van der Waals surface area contributed by atoms with Crippen LogP contribution in [-0.4, -0.2) is 6.61 Å². The minimum Gasteiger partial charge on any atom is -0.493 e. The first-order valence-corrected chi connectivity index (χ1v) is 5.31. The Morgan fingerprint density at radius 3 is 2.93 bits per heavy atom. The number of nitrogens with two attached hydrogens (primary N) is 1. The van der Waals surface area contributed by atoms with Crippen LogP contribution < -0.4 is 10.5 Å². The van der Waals surface area contributed by atoms with E-state index in [1.54, 1.807) is 12.1 Å². The maximum absolute atomic E-state index is 6.07. The molecule has 0 bridgehead atoms. The molecule has 1 atom stereocenters. The maximum Gasteiger partial charge on any atom is 0.127 e. The number of halogens is 2. The first-order valence-electron chi connectivity index (χ1n) is 4.56. The summed E-state index contributed by atoms with van der Waals surface area (Å²) in [6.07, 6.45) is 1.85. The second-order valence-electron chi connectivity index (χ2n) is 3.40. The molecular formula is C10H11Cl2NO. The molecule has 1 aromatic rings. The van der Waals surface area contributed by atoms with E-state index in [9.17, 15) is 0 Å². The van der Waals surface area contributed by atoms with Gasteiger partial charge in [0.2, 0.25) is 0 Å². The monoisotopic (exact) mass is 231 g/mol. The zero-order valence-electron chi connectivity index (χ0n) is 7.59. The molecule has 0 aromatic heterocycles. The Balaban J connectivity index is 2.53.